The van der Waals surface area contributed by atoms with Crippen molar-refractivity contribution in [2.45, 2.75) is 6.92 Å². The van der Waals surface area contributed by atoms with Gasteiger partial charge in [0.05, 0.1) is 6.61 Å². The SMILES string of the molecule is CCOc1nc2sc3c(N4CCNCC4)nnnc3c2c(-c2ccccc2)c1C#N. The van der Waals surface area contributed by atoms with Crippen molar-refractivity contribution >= 4 is 37.6 Å². The number of thiophene rings is 1. The van der Waals surface area contributed by atoms with Gasteiger partial charge in [-0.05, 0) is 17.7 Å². The van der Waals surface area contributed by atoms with Crippen LogP contribution in [0.2, 0.25) is 0 Å². The Balaban J connectivity index is 1.86. The maximum Gasteiger partial charge on any atom is 0.233 e. The van der Waals surface area contributed by atoms with Gasteiger partial charge >= 0.3 is 0 Å². The van der Waals surface area contributed by atoms with Gasteiger partial charge in [-0.25, -0.2) is 4.98 Å². The highest BCUT2D eigenvalue weighted by Crippen LogP contribution is 2.44. The lowest BCUT2D eigenvalue weighted by Gasteiger charge is -2.27. The van der Waals surface area contributed by atoms with Crippen LogP contribution in [-0.4, -0.2) is 53.2 Å². The monoisotopic (exact) mass is 417 g/mol. The third kappa shape index (κ3) is 3.01. The van der Waals surface area contributed by atoms with Crippen LogP contribution in [0, 0.1) is 11.3 Å². The molecule has 4 aromatic rings. The first-order valence-corrected chi connectivity index (χ1v) is 10.7. The Kier molecular flexibility index (Phi) is 4.86. The van der Waals surface area contributed by atoms with E-state index in [4.69, 9.17) is 9.72 Å². The molecule has 1 aliphatic rings. The zero-order chi connectivity index (χ0) is 20.5. The van der Waals surface area contributed by atoms with E-state index in [9.17, 15) is 5.26 Å². The summed E-state index contributed by atoms with van der Waals surface area (Å²) >= 11 is 1.52. The minimum atomic E-state index is 0.350. The summed E-state index contributed by atoms with van der Waals surface area (Å²) in [7, 11) is 0. The van der Waals surface area contributed by atoms with E-state index in [0.717, 1.165) is 63.6 Å². The third-order valence-corrected chi connectivity index (χ3v) is 6.21. The van der Waals surface area contributed by atoms with Crippen LogP contribution in [0.4, 0.5) is 5.82 Å². The van der Waals surface area contributed by atoms with Gasteiger partial charge in [-0.3, -0.25) is 0 Å². The summed E-state index contributed by atoms with van der Waals surface area (Å²) in [5.41, 5.74) is 2.84. The van der Waals surface area contributed by atoms with Gasteiger partial charge in [-0.15, -0.1) is 21.5 Å². The molecule has 9 heteroatoms. The van der Waals surface area contributed by atoms with Crippen molar-refractivity contribution in [1.82, 2.24) is 25.7 Å². The Morgan fingerprint density at radius 2 is 2.00 bits per heavy atom. The normalized spacial score (nSPS) is 14.2. The van der Waals surface area contributed by atoms with Crippen molar-refractivity contribution in [3.8, 4) is 23.1 Å². The van der Waals surface area contributed by atoms with E-state index in [1.807, 2.05) is 37.3 Å². The number of benzene rings is 1. The molecule has 0 amide bonds. The van der Waals surface area contributed by atoms with E-state index in [1.165, 1.54) is 11.3 Å². The lowest BCUT2D eigenvalue weighted by atomic mass is 9.98. The molecule has 1 aromatic carbocycles. The van der Waals surface area contributed by atoms with E-state index in [-0.39, 0.29) is 0 Å². The molecule has 0 unspecified atom stereocenters. The highest BCUT2D eigenvalue weighted by atomic mass is 32.1. The number of nitriles is 1. The first-order valence-electron chi connectivity index (χ1n) is 9.85. The number of nitrogens with one attached hydrogen (secondary N) is 1. The van der Waals surface area contributed by atoms with Crippen LogP contribution in [0.15, 0.2) is 30.3 Å². The lowest BCUT2D eigenvalue weighted by molar-refractivity contribution is 0.327. The summed E-state index contributed by atoms with van der Waals surface area (Å²) in [6.07, 6.45) is 0. The number of fused-ring (bicyclic) bond motifs is 3. The summed E-state index contributed by atoms with van der Waals surface area (Å²) in [4.78, 5) is 7.68. The molecule has 0 saturated carbocycles. The zero-order valence-electron chi connectivity index (χ0n) is 16.4. The smallest absolute Gasteiger partial charge is 0.233 e. The van der Waals surface area contributed by atoms with Crippen LogP contribution in [0.3, 0.4) is 0 Å². The third-order valence-electron chi connectivity index (χ3n) is 5.14. The molecule has 1 fully saturated rings. The predicted octanol–water partition coefficient (Wildman–Crippen LogP) is 2.98. The fourth-order valence-electron chi connectivity index (χ4n) is 3.82. The van der Waals surface area contributed by atoms with E-state index in [1.54, 1.807) is 0 Å². The van der Waals surface area contributed by atoms with Crippen LogP contribution in [0.25, 0.3) is 31.6 Å². The maximum atomic E-state index is 9.98. The van der Waals surface area contributed by atoms with Crippen LogP contribution >= 0.6 is 11.3 Å². The number of aromatic nitrogens is 4. The first kappa shape index (κ1) is 18.7. The summed E-state index contributed by atoms with van der Waals surface area (Å²) in [5, 5.41) is 27.0. The Morgan fingerprint density at radius 3 is 2.73 bits per heavy atom. The number of piperazine rings is 1. The fraction of sp³-hybridized carbons (Fsp3) is 0.286. The standard InChI is InChI=1S/C21H19N7OS/c1-2-29-20-14(12-22)15(13-6-4-3-5-7-13)16-17-18(30-21(16)24-20)19(26-27-25-17)28-10-8-23-9-11-28/h3-7,23H,2,8-11H2,1H3. The van der Waals surface area contributed by atoms with Crippen molar-refractivity contribution in [2.24, 2.45) is 0 Å². The summed E-state index contributed by atoms with van der Waals surface area (Å²) < 4.78 is 6.68. The second-order valence-electron chi connectivity index (χ2n) is 6.89. The number of hydrogen-bond donors (Lipinski definition) is 1. The zero-order valence-corrected chi connectivity index (χ0v) is 17.2. The molecule has 4 heterocycles. The van der Waals surface area contributed by atoms with Gasteiger partial charge in [-0.1, -0.05) is 30.3 Å². The highest BCUT2D eigenvalue weighted by Gasteiger charge is 2.25. The average molecular weight is 417 g/mol. The summed E-state index contributed by atoms with van der Waals surface area (Å²) in [6, 6.07) is 12.1. The molecule has 0 aliphatic carbocycles. The van der Waals surface area contributed by atoms with Gasteiger partial charge in [0.15, 0.2) is 5.82 Å². The Morgan fingerprint density at radius 1 is 1.20 bits per heavy atom. The minimum absolute atomic E-state index is 0.350. The van der Waals surface area contributed by atoms with E-state index < -0.39 is 0 Å². The Hall–Kier alpha value is -3.35. The van der Waals surface area contributed by atoms with Gasteiger partial charge in [0, 0.05) is 37.1 Å². The largest absolute Gasteiger partial charge is 0.477 e. The molecule has 0 spiro atoms. The van der Waals surface area contributed by atoms with E-state index in [0.29, 0.717) is 18.1 Å². The van der Waals surface area contributed by atoms with Crippen LogP contribution < -0.4 is 15.0 Å². The Bertz CT molecular complexity index is 1260. The van der Waals surface area contributed by atoms with Crippen LogP contribution in [-0.2, 0) is 0 Å². The molecule has 1 saturated heterocycles. The molecule has 1 N–H and O–H groups in total. The number of hydrogen-bond acceptors (Lipinski definition) is 9. The molecule has 150 valence electrons. The molecule has 5 rings (SSSR count). The molecule has 3 aromatic heterocycles. The molecule has 30 heavy (non-hydrogen) atoms. The molecule has 0 atom stereocenters. The number of anilines is 1. The highest BCUT2D eigenvalue weighted by molar-refractivity contribution is 7.26. The molecule has 0 bridgehead atoms. The molecule has 1 aliphatic heterocycles. The molecular formula is C21H19N7OS. The van der Waals surface area contributed by atoms with Gasteiger partial charge in [0.2, 0.25) is 5.88 Å². The van der Waals surface area contributed by atoms with Crippen molar-refractivity contribution in [3.63, 3.8) is 0 Å². The topological polar surface area (TPSA) is 99.8 Å². The lowest BCUT2D eigenvalue weighted by Crippen LogP contribution is -2.44. The number of rotatable bonds is 4. The van der Waals surface area contributed by atoms with Gasteiger partial charge in [0.1, 0.15) is 26.7 Å². The second kappa shape index (κ2) is 7.82. The van der Waals surface area contributed by atoms with Crippen LogP contribution in [0.1, 0.15) is 12.5 Å². The second-order valence-corrected chi connectivity index (χ2v) is 7.89. The quantitative estimate of drug-likeness (QED) is 0.541. The fourth-order valence-corrected chi connectivity index (χ4v) is 4.94. The number of nitrogens with zero attached hydrogens (tertiary/aromatic N) is 6. The van der Waals surface area contributed by atoms with Gasteiger partial charge in [-0.2, -0.15) is 5.26 Å². The Labute approximate surface area is 177 Å². The predicted molar refractivity (Wildman–Crippen MR) is 117 cm³/mol. The minimum Gasteiger partial charge on any atom is -0.477 e. The van der Waals surface area contributed by atoms with Crippen molar-refractivity contribution in [3.05, 3.63) is 35.9 Å². The van der Waals surface area contributed by atoms with E-state index in [2.05, 4.69) is 31.7 Å². The molecule has 8 nitrogen and oxygen atoms in total. The number of pyridine rings is 1. The first-order chi connectivity index (χ1) is 14.8. The molecule has 0 radical (unpaired) electrons. The van der Waals surface area contributed by atoms with Gasteiger partial charge in [0.25, 0.3) is 0 Å². The van der Waals surface area contributed by atoms with E-state index >= 15 is 0 Å². The van der Waals surface area contributed by atoms with Crippen LogP contribution in [0.5, 0.6) is 5.88 Å². The van der Waals surface area contributed by atoms with Gasteiger partial charge < -0.3 is 15.0 Å². The van der Waals surface area contributed by atoms with Crippen molar-refractivity contribution in [1.29, 1.82) is 5.26 Å². The maximum absolute atomic E-state index is 9.98. The molecular weight excluding hydrogens is 398 g/mol. The van der Waals surface area contributed by atoms with Crippen molar-refractivity contribution in [2.75, 3.05) is 37.7 Å². The summed E-state index contributed by atoms with van der Waals surface area (Å²) in [5.74, 6) is 1.17. The number of ether oxygens (including phenoxy) is 1. The average Bonchev–Trinajstić information content (AvgIpc) is 3.17. The van der Waals surface area contributed by atoms with Crippen molar-refractivity contribution < 1.29 is 4.74 Å². The summed E-state index contributed by atoms with van der Waals surface area (Å²) in [6.45, 7) is 5.83.